The molecular formula is C24H25BrN4O6. The first-order valence-corrected chi connectivity index (χ1v) is 11.5. The molecule has 0 bridgehead atoms. The number of amides is 5. The molecule has 3 rings (SSSR count). The van der Waals surface area contributed by atoms with Crippen LogP contribution in [-0.2, 0) is 20.9 Å². The van der Waals surface area contributed by atoms with Crippen molar-refractivity contribution in [2.24, 2.45) is 0 Å². The highest BCUT2D eigenvalue weighted by atomic mass is 79.9. The fraction of sp³-hybridized carbons (Fsp3) is 0.292. The molecule has 0 radical (unpaired) electrons. The monoisotopic (exact) mass is 544 g/mol. The Morgan fingerprint density at radius 2 is 1.57 bits per heavy atom. The number of fused-ring (bicyclic) bond motifs is 1. The van der Waals surface area contributed by atoms with E-state index in [2.05, 4.69) is 31.9 Å². The van der Waals surface area contributed by atoms with Crippen molar-refractivity contribution in [1.82, 2.24) is 15.5 Å². The predicted molar refractivity (Wildman–Crippen MR) is 131 cm³/mol. The first kappa shape index (κ1) is 25.9. The van der Waals surface area contributed by atoms with Gasteiger partial charge in [0.1, 0.15) is 18.7 Å². The van der Waals surface area contributed by atoms with Crippen LogP contribution in [-0.4, -0.2) is 53.3 Å². The van der Waals surface area contributed by atoms with E-state index in [9.17, 15) is 24.0 Å². The predicted octanol–water partition coefficient (Wildman–Crippen LogP) is 2.82. The molecular weight excluding hydrogens is 520 g/mol. The molecule has 0 saturated heterocycles. The zero-order valence-corrected chi connectivity index (χ0v) is 21.0. The standard InChI is InChI=1S/C24H25BrN4O6/c1-24(2,3)35-23(34)27-12-19(30)28-16-7-4-14(5-8-16)11-26-20(31)13-29-21(32)17-9-6-15(25)10-18(17)22(29)33/h4-10H,11-13H2,1-3H3,(H,26,31)(H,27,34)(H,28,30). The van der Waals surface area contributed by atoms with Crippen molar-refractivity contribution in [3.63, 3.8) is 0 Å². The fourth-order valence-corrected chi connectivity index (χ4v) is 3.55. The van der Waals surface area contributed by atoms with E-state index in [-0.39, 0.29) is 30.8 Å². The summed E-state index contributed by atoms with van der Waals surface area (Å²) in [5.41, 5.74) is 1.12. The van der Waals surface area contributed by atoms with Gasteiger partial charge in [0.25, 0.3) is 11.8 Å². The summed E-state index contributed by atoms with van der Waals surface area (Å²) in [7, 11) is 0. The molecule has 35 heavy (non-hydrogen) atoms. The largest absolute Gasteiger partial charge is 0.444 e. The number of carbonyl (C=O) groups is 5. The average molecular weight is 545 g/mol. The second kappa shape index (κ2) is 10.7. The molecule has 0 unspecified atom stereocenters. The molecule has 0 spiro atoms. The Kier molecular flexibility index (Phi) is 7.90. The zero-order chi connectivity index (χ0) is 25.8. The minimum Gasteiger partial charge on any atom is -0.444 e. The van der Waals surface area contributed by atoms with Crippen LogP contribution in [0.5, 0.6) is 0 Å². The molecule has 0 fully saturated rings. The molecule has 11 heteroatoms. The molecule has 0 saturated carbocycles. The number of anilines is 1. The summed E-state index contributed by atoms with van der Waals surface area (Å²) < 4.78 is 5.74. The number of hydrogen-bond acceptors (Lipinski definition) is 6. The summed E-state index contributed by atoms with van der Waals surface area (Å²) in [5.74, 6) is -1.93. The van der Waals surface area contributed by atoms with Gasteiger partial charge >= 0.3 is 6.09 Å². The molecule has 2 aromatic carbocycles. The third-order valence-corrected chi connectivity index (χ3v) is 5.25. The average Bonchev–Trinajstić information content (AvgIpc) is 3.00. The van der Waals surface area contributed by atoms with E-state index in [4.69, 9.17) is 4.74 Å². The summed E-state index contributed by atoms with van der Waals surface area (Å²) in [4.78, 5) is 61.8. The van der Waals surface area contributed by atoms with Gasteiger partial charge in [-0.15, -0.1) is 0 Å². The van der Waals surface area contributed by atoms with Crippen molar-refractivity contribution in [1.29, 1.82) is 0 Å². The van der Waals surface area contributed by atoms with Gasteiger partial charge in [0, 0.05) is 16.7 Å². The first-order chi connectivity index (χ1) is 16.4. The molecule has 10 nitrogen and oxygen atoms in total. The summed E-state index contributed by atoms with van der Waals surface area (Å²) in [6.45, 7) is 4.70. The van der Waals surface area contributed by atoms with Crippen LogP contribution in [0.1, 0.15) is 47.1 Å². The van der Waals surface area contributed by atoms with Gasteiger partial charge in [-0.3, -0.25) is 24.1 Å². The lowest BCUT2D eigenvalue weighted by atomic mass is 10.1. The fourth-order valence-electron chi connectivity index (χ4n) is 3.18. The summed E-state index contributed by atoms with van der Waals surface area (Å²) in [6, 6.07) is 11.5. The summed E-state index contributed by atoms with van der Waals surface area (Å²) >= 11 is 3.27. The molecule has 1 heterocycles. The lowest BCUT2D eigenvalue weighted by molar-refractivity contribution is -0.121. The number of nitrogens with zero attached hydrogens (tertiary/aromatic N) is 1. The zero-order valence-electron chi connectivity index (χ0n) is 19.4. The quantitative estimate of drug-likeness (QED) is 0.459. The topological polar surface area (TPSA) is 134 Å². The van der Waals surface area contributed by atoms with E-state index in [1.165, 1.54) is 0 Å². The van der Waals surface area contributed by atoms with Gasteiger partial charge < -0.3 is 20.7 Å². The maximum absolute atomic E-state index is 12.5. The number of carbonyl (C=O) groups excluding carboxylic acids is 5. The lowest BCUT2D eigenvalue weighted by Crippen LogP contribution is -2.40. The number of ether oxygens (including phenoxy) is 1. The lowest BCUT2D eigenvalue weighted by Gasteiger charge is -2.19. The highest BCUT2D eigenvalue weighted by Gasteiger charge is 2.36. The SMILES string of the molecule is CC(C)(C)OC(=O)NCC(=O)Nc1ccc(CNC(=O)CN2C(=O)c3ccc(Br)cc3C2=O)cc1. The molecule has 5 amide bonds. The van der Waals surface area contributed by atoms with Gasteiger partial charge in [0.05, 0.1) is 11.1 Å². The third-order valence-electron chi connectivity index (χ3n) is 4.75. The normalized spacial score (nSPS) is 12.7. The minimum atomic E-state index is -0.687. The van der Waals surface area contributed by atoms with Crippen LogP contribution in [0, 0.1) is 0 Å². The third kappa shape index (κ3) is 7.12. The molecule has 0 aromatic heterocycles. The number of alkyl carbamates (subject to hydrolysis) is 1. The molecule has 0 atom stereocenters. The van der Waals surface area contributed by atoms with Crippen molar-refractivity contribution in [2.45, 2.75) is 32.9 Å². The molecule has 1 aliphatic heterocycles. The van der Waals surface area contributed by atoms with Crippen LogP contribution in [0.25, 0.3) is 0 Å². The van der Waals surface area contributed by atoms with E-state index in [1.54, 1.807) is 63.2 Å². The molecule has 2 aromatic rings. The molecule has 0 aliphatic carbocycles. The smallest absolute Gasteiger partial charge is 0.408 e. The van der Waals surface area contributed by atoms with Crippen molar-refractivity contribution in [3.05, 3.63) is 63.6 Å². The van der Waals surface area contributed by atoms with Gasteiger partial charge in [0.15, 0.2) is 0 Å². The van der Waals surface area contributed by atoms with Crippen molar-refractivity contribution in [2.75, 3.05) is 18.4 Å². The van der Waals surface area contributed by atoms with Crippen LogP contribution in [0.4, 0.5) is 10.5 Å². The van der Waals surface area contributed by atoms with Gasteiger partial charge in [-0.25, -0.2) is 4.79 Å². The van der Waals surface area contributed by atoms with Crippen LogP contribution in [0.3, 0.4) is 0 Å². The Morgan fingerprint density at radius 1 is 0.914 bits per heavy atom. The van der Waals surface area contributed by atoms with Crippen molar-refractivity contribution >= 4 is 51.3 Å². The number of imide groups is 1. The second-order valence-electron chi connectivity index (χ2n) is 8.76. The number of halogens is 1. The second-order valence-corrected chi connectivity index (χ2v) is 9.68. The Balaban J connectivity index is 1.44. The molecule has 184 valence electrons. The Morgan fingerprint density at radius 3 is 2.23 bits per heavy atom. The van der Waals surface area contributed by atoms with Gasteiger partial charge in [0.2, 0.25) is 11.8 Å². The minimum absolute atomic E-state index is 0.169. The van der Waals surface area contributed by atoms with Crippen LogP contribution in [0.15, 0.2) is 46.9 Å². The van der Waals surface area contributed by atoms with Gasteiger partial charge in [-0.1, -0.05) is 28.1 Å². The number of rotatable bonds is 7. The number of hydrogen-bond donors (Lipinski definition) is 3. The highest BCUT2D eigenvalue weighted by molar-refractivity contribution is 9.10. The van der Waals surface area contributed by atoms with E-state index in [0.29, 0.717) is 10.2 Å². The van der Waals surface area contributed by atoms with Gasteiger partial charge in [-0.05, 0) is 56.7 Å². The van der Waals surface area contributed by atoms with Gasteiger partial charge in [-0.2, -0.15) is 0 Å². The Hall–Kier alpha value is -3.73. The van der Waals surface area contributed by atoms with Crippen LogP contribution < -0.4 is 16.0 Å². The summed E-state index contributed by atoms with van der Waals surface area (Å²) in [5, 5.41) is 7.69. The Labute approximate surface area is 210 Å². The van der Waals surface area contributed by atoms with E-state index in [1.807, 2.05) is 0 Å². The van der Waals surface area contributed by atoms with Crippen molar-refractivity contribution in [3.8, 4) is 0 Å². The number of nitrogens with one attached hydrogen (secondary N) is 3. The van der Waals surface area contributed by atoms with Crippen molar-refractivity contribution < 1.29 is 28.7 Å². The van der Waals surface area contributed by atoms with E-state index >= 15 is 0 Å². The number of benzene rings is 2. The maximum Gasteiger partial charge on any atom is 0.408 e. The Bertz CT molecular complexity index is 1170. The maximum atomic E-state index is 12.5. The highest BCUT2D eigenvalue weighted by Crippen LogP contribution is 2.25. The van der Waals surface area contributed by atoms with E-state index in [0.717, 1.165) is 10.5 Å². The first-order valence-electron chi connectivity index (χ1n) is 10.7. The summed E-state index contributed by atoms with van der Waals surface area (Å²) in [6.07, 6.45) is -0.687. The van der Waals surface area contributed by atoms with Crippen LogP contribution in [0.2, 0.25) is 0 Å². The van der Waals surface area contributed by atoms with Crippen LogP contribution >= 0.6 is 15.9 Å². The molecule has 3 N–H and O–H groups in total. The molecule has 1 aliphatic rings. The van der Waals surface area contributed by atoms with E-state index < -0.39 is 35.3 Å².